The van der Waals surface area contributed by atoms with Gasteiger partial charge in [-0.1, -0.05) is 19.0 Å². The maximum Gasteiger partial charge on any atom is 0.191 e. The van der Waals surface area contributed by atoms with E-state index < -0.39 is 0 Å². The fraction of sp³-hybridized carbons (Fsp3) is 0.368. The van der Waals surface area contributed by atoms with E-state index in [1.54, 1.807) is 14.2 Å². The van der Waals surface area contributed by atoms with Crippen LogP contribution in [-0.4, -0.2) is 40.5 Å². The number of benzene rings is 1. The SMILES string of the molecule is CN=C(NCc1nc(-c2ccc(OC)cc2)n[nH]1)NCc1cc(C(C)C)no1. The number of nitrogens with zero attached hydrogens (tertiary/aromatic N) is 4. The van der Waals surface area contributed by atoms with E-state index in [-0.39, 0.29) is 0 Å². The standard InChI is InChI=1S/C19H25N7O2/c1-12(2)16-9-15(28-26-16)10-21-19(20-3)22-11-17-23-18(25-24-17)13-5-7-14(27-4)8-6-13/h5-9,12H,10-11H2,1-4H3,(H2,20,21,22)(H,23,24,25). The Morgan fingerprint density at radius 2 is 1.96 bits per heavy atom. The van der Waals surface area contributed by atoms with Gasteiger partial charge in [0.15, 0.2) is 17.5 Å². The van der Waals surface area contributed by atoms with Crippen molar-refractivity contribution in [3.05, 3.63) is 47.6 Å². The highest BCUT2D eigenvalue weighted by atomic mass is 16.5. The first-order valence-electron chi connectivity index (χ1n) is 9.04. The van der Waals surface area contributed by atoms with Gasteiger partial charge in [-0.05, 0) is 30.2 Å². The highest BCUT2D eigenvalue weighted by Gasteiger charge is 2.09. The van der Waals surface area contributed by atoms with E-state index in [1.807, 2.05) is 30.3 Å². The molecule has 3 aromatic rings. The number of guanidine groups is 1. The summed E-state index contributed by atoms with van der Waals surface area (Å²) < 4.78 is 10.5. The average Bonchev–Trinajstić information content (AvgIpc) is 3.38. The van der Waals surface area contributed by atoms with E-state index in [2.05, 4.69) is 49.8 Å². The van der Waals surface area contributed by atoms with E-state index in [0.717, 1.165) is 22.8 Å². The van der Waals surface area contributed by atoms with Gasteiger partial charge in [-0.15, -0.1) is 0 Å². The summed E-state index contributed by atoms with van der Waals surface area (Å²) in [6.07, 6.45) is 0. The number of aromatic amines is 1. The Kier molecular flexibility index (Phi) is 6.25. The van der Waals surface area contributed by atoms with Gasteiger partial charge in [0, 0.05) is 18.7 Å². The van der Waals surface area contributed by atoms with Gasteiger partial charge in [-0.2, -0.15) is 5.10 Å². The minimum absolute atomic E-state index is 0.335. The molecule has 0 aliphatic carbocycles. The van der Waals surface area contributed by atoms with Gasteiger partial charge >= 0.3 is 0 Å². The number of hydrogen-bond donors (Lipinski definition) is 3. The van der Waals surface area contributed by atoms with Crippen LogP contribution in [0.2, 0.25) is 0 Å². The lowest BCUT2D eigenvalue weighted by Crippen LogP contribution is -2.36. The third-order valence-corrected chi connectivity index (χ3v) is 4.13. The zero-order valence-corrected chi connectivity index (χ0v) is 16.5. The van der Waals surface area contributed by atoms with Crippen molar-refractivity contribution in [2.75, 3.05) is 14.2 Å². The predicted molar refractivity (Wildman–Crippen MR) is 106 cm³/mol. The summed E-state index contributed by atoms with van der Waals surface area (Å²) in [5.41, 5.74) is 1.85. The molecular formula is C19H25N7O2. The zero-order valence-electron chi connectivity index (χ0n) is 16.5. The summed E-state index contributed by atoms with van der Waals surface area (Å²) in [6.45, 7) is 5.10. The van der Waals surface area contributed by atoms with Crippen molar-refractivity contribution in [3.8, 4) is 17.1 Å². The first-order chi connectivity index (χ1) is 13.6. The minimum atomic E-state index is 0.335. The van der Waals surface area contributed by atoms with Gasteiger partial charge in [0.1, 0.15) is 11.6 Å². The molecule has 0 atom stereocenters. The van der Waals surface area contributed by atoms with Gasteiger partial charge in [-0.3, -0.25) is 10.1 Å². The lowest BCUT2D eigenvalue weighted by atomic mass is 10.1. The molecule has 3 N–H and O–H groups in total. The third kappa shape index (κ3) is 4.87. The monoisotopic (exact) mass is 383 g/mol. The van der Waals surface area contributed by atoms with Crippen molar-refractivity contribution in [3.63, 3.8) is 0 Å². The maximum atomic E-state index is 5.32. The van der Waals surface area contributed by atoms with Crippen molar-refractivity contribution < 1.29 is 9.26 Å². The highest BCUT2D eigenvalue weighted by molar-refractivity contribution is 5.79. The van der Waals surface area contributed by atoms with Crippen LogP contribution in [0.25, 0.3) is 11.4 Å². The second-order valence-corrected chi connectivity index (χ2v) is 6.49. The Labute approximate surface area is 163 Å². The minimum Gasteiger partial charge on any atom is -0.497 e. The van der Waals surface area contributed by atoms with Crippen molar-refractivity contribution in [2.45, 2.75) is 32.9 Å². The molecule has 0 saturated heterocycles. The second kappa shape index (κ2) is 9.03. The van der Waals surface area contributed by atoms with Crippen LogP contribution in [0.5, 0.6) is 5.75 Å². The van der Waals surface area contributed by atoms with Crippen LogP contribution in [0.1, 0.15) is 37.0 Å². The number of nitrogens with one attached hydrogen (secondary N) is 3. The normalized spacial score (nSPS) is 11.7. The topological polar surface area (TPSA) is 113 Å². The Balaban J connectivity index is 1.52. The molecule has 0 aliphatic rings. The van der Waals surface area contributed by atoms with Crippen LogP contribution in [0.15, 0.2) is 39.8 Å². The van der Waals surface area contributed by atoms with Gasteiger partial charge in [0.25, 0.3) is 0 Å². The van der Waals surface area contributed by atoms with Gasteiger partial charge in [0.05, 0.1) is 25.9 Å². The molecule has 0 amide bonds. The average molecular weight is 383 g/mol. The van der Waals surface area contributed by atoms with Crippen LogP contribution in [0.4, 0.5) is 0 Å². The second-order valence-electron chi connectivity index (χ2n) is 6.49. The molecule has 9 heteroatoms. The number of hydrogen-bond acceptors (Lipinski definition) is 6. The van der Waals surface area contributed by atoms with Crippen LogP contribution in [-0.2, 0) is 13.1 Å². The van der Waals surface area contributed by atoms with Crippen LogP contribution >= 0.6 is 0 Å². The predicted octanol–water partition coefficient (Wildman–Crippen LogP) is 2.46. The molecule has 0 bridgehead atoms. The van der Waals surface area contributed by atoms with Crippen molar-refractivity contribution in [1.29, 1.82) is 0 Å². The number of aromatic nitrogens is 4. The van der Waals surface area contributed by atoms with E-state index in [1.165, 1.54) is 0 Å². The zero-order chi connectivity index (χ0) is 19.9. The first-order valence-corrected chi connectivity index (χ1v) is 9.04. The van der Waals surface area contributed by atoms with Crippen molar-refractivity contribution in [1.82, 2.24) is 31.0 Å². The molecule has 0 unspecified atom stereocenters. The molecule has 0 aliphatic heterocycles. The maximum absolute atomic E-state index is 5.32. The lowest BCUT2D eigenvalue weighted by Gasteiger charge is -2.09. The van der Waals surface area contributed by atoms with Crippen molar-refractivity contribution >= 4 is 5.96 Å². The van der Waals surface area contributed by atoms with Crippen LogP contribution in [0.3, 0.4) is 0 Å². The Morgan fingerprint density at radius 3 is 2.61 bits per heavy atom. The quantitative estimate of drug-likeness (QED) is 0.424. The molecule has 1 aromatic carbocycles. The molecule has 148 valence electrons. The van der Waals surface area contributed by atoms with Gasteiger partial charge in [-0.25, -0.2) is 4.98 Å². The molecule has 2 aromatic heterocycles. The third-order valence-electron chi connectivity index (χ3n) is 4.13. The number of methoxy groups -OCH3 is 1. The first kappa shape index (κ1) is 19.4. The molecule has 0 saturated carbocycles. The summed E-state index contributed by atoms with van der Waals surface area (Å²) >= 11 is 0. The summed E-state index contributed by atoms with van der Waals surface area (Å²) in [6, 6.07) is 9.54. The molecule has 0 spiro atoms. The Bertz CT molecular complexity index is 913. The fourth-order valence-corrected chi connectivity index (χ4v) is 2.49. The molecule has 2 heterocycles. The van der Waals surface area contributed by atoms with Crippen LogP contribution < -0.4 is 15.4 Å². The molecule has 0 radical (unpaired) electrons. The van der Waals surface area contributed by atoms with Crippen LogP contribution in [0, 0.1) is 0 Å². The number of rotatable bonds is 7. The summed E-state index contributed by atoms with van der Waals surface area (Å²) in [4.78, 5) is 8.70. The number of aliphatic imine (C=N–C) groups is 1. The summed E-state index contributed by atoms with van der Waals surface area (Å²) in [5, 5.41) is 17.6. The Morgan fingerprint density at radius 1 is 1.21 bits per heavy atom. The fourth-order valence-electron chi connectivity index (χ4n) is 2.49. The Hall–Kier alpha value is -3.36. The summed E-state index contributed by atoms with van der Waals surface area (Å²) in [5.74, 6) is 3.85. The molecule has 9 nitrogen and oxygen atoms in total. The number of ether oxygens (including phenoxy) is 1. The smallest absolute Gasteiger partial charge is 0.191 e. The van der Waals surface area contributed by atoms with Crippen molar-refractivity contribution in [2.24, 2.45) is 4.99 Å². The molecule has 28 heavy (non-hydrogen) atoms. The largest absolute Gasteiger partial charge is 0.497 e. The summed E-state index contributed by atoms with van der Waals surface area (Å²) in [7, 11) is 3.34. The van der Waals surface area contributed by atoms with E-state index in [0.29, 0.717) is 36.6 Å². The van der Waals surface area contributed by atoms with Gasteiger partial charge in [0.2, 0.25) is 0 Å². The molecule has 0 fully saturated rings. The number of H-pyrrole nitrogens is 1. The molecular weight excluding hydrogens is 358 g/mol. The van der Waals surface area contributed by atoms with E-state index in [4.69, 9.17) is 9.26 Å². The van der Waals surface area contributed by atoms with Gasteiger partial charge < -0.3 is 19.9 Å². The lowest BCUT2D eigenvalue weighted by molar-refractivity contribution is 0.372. The highest BCUT2D eigenvalue weighted by Crippen LogP contribution is 2.19. The van der Waals surface area contributed by atoms with E-state index in [9.17, 15) is 0 Å². The van der Waals surface area contributed by atoms with E-state index >= 15 is 0 Å². The molecule has 3 rings (SSSR count).